The van der Waals surface area contributed by atoms with Crippen molar-refractivity contribution in [3.05, 3.63) is 77.9 Å². The van der Waals surface area contributed by atoms with Crippen molar-refractivity contribution in [2.24, 2.45) is 0 Å². The fourth-order valence-electron chi connectivity index (χ4n) is 4.15. The molecule has 3 aromatic rings. The van der Waals surface area contributed by atoms with Gasteiger partial charge in [-0.25, -0.2) is 13.2 Å². The number of hydrogen-bond donors (Lipinski definition) is 0. The van der Waals surface area contributed by atoms with E-state index in [1.807, 2.05) is 12.1 Å². The molecule has 0 aliphatic carbocycles. The van der Waals surface area contributed by atoms with Crippen LogP contribution in [0.15, 0.2) is 71.6 Å². The number of ether oxygens (including phenoxy) is 1. The number of sulfone groups is 1. The summed E-state index contributed by atoms with van der Waals surface area (Å²) in [7, 11) is -2.34. The smallest absolute Gasteiger partial charge is 0.339 e. The fourth-order valence-corrected chi connectivity index (χ4v) is 6.06. The summed E-state index contributed by atoms with van der Waals surface area (Å²) in [6, 6.07) is 21.1. The molecule has 5 nitrogen and oxygen atoms in total. The van der Waals surface area contributed by atoms with Gasteiger partial charge in [0.05, 0.1) is 22.8 Å². The number of rotatable bonds is 5. The lowest BCUT2D eigenvalue weighted by Gasteiger charge is -2.32. The molecule has 1 saturated heterocycles. The lowest BCUT2D eigenvalue weighted by Crippen LogP contribution is -2.39. The molecule has 3 aromatic carbocycles. The Kier molecular flexibility index (Phi) is 5.88. The number of carbonyl (C=O) groups is 1. The highest BCUT2D eigenvalue weighted by Gasteiger charge is 2.34. The Morgan fingerprint density at radius 1 is 0.967 bits per heavy atom. The molecule has 0 atom stereocenters. The van der Waals surface area contributed by atoms with Gasteiger partial charge >= 0.3 is 5.97 Å². The van der Waals surface area contributed by atoms with Crippen molar-refractivity contribution < 1.29 is 17.9 Å². The molecule has 0 saturated carbocycles. The van der Waals surface area contributed by atoms with Crippen molar-refractivity contribution in [3.8, 4) is 0 Å². The van der Waals surface area contributed by atoms with Crippen LogP contribution in [0.4, 0.5) is 0 Å². The van der Waals surface area contributed by atoms with Gasteiger partial charge in [-0.2, -0.15) is 0 Å². The zero-order valence-electron chi connectivity index (χ0n) is 17.0. The van der Waals surface area contributed by atoms with Gasteiger partial charge in [-0.05, 0) is 60.5 Å². The summed E-state index contributed by atoms with van der Waals surface area (Å²) in [4.78, 5) is 14.4. The monoisotopic (exact) mass is 423 g/mol. The predicted molar refractivity (Wildman–Crippen MR) is 117 cm³/mol. The van der Waals surface area contributed by atoms with Gasteiger partial charge in [0.1, 0.15) is 0 Å². The van der Waals surface area contributed by atoms with Crippen LogP contribution in [0.3, 0.4) is 0 Å². The minimum absolute atomic E-state index is 0.0739. The number of nitrogens with zero attached hydrogens (tertiary/aromatic N) is 1. The molecule has 0 amide bonds. The van der Waals surface area contributed by atoms with Crippen LogP contribution in [0, 0.1) is 0 Å². The van der Waals surface area contributed by atoms with Crippen LogP contribution in [0.2, 0.25) is 0 Å². The molecule has 0 aromatic heterocycles. The third-order valence-electron chi connectivity index (χ3n) is 5.79. The summed E-state index contributed by atoms with van der Waals surface area (Å²) >= 11 is 0. The second-order valence-corrected chi connectivity index (χ2v) is 9.89. The van der Waals surface area contributed by atoms with Crippen molar-refractivity contribution >= 4 is 26.6 Å². The first kappa shape index (κ1) is 20.6. The molecule has 1 aliphatic heterocycles. The average molecular weight is 424 g/mol. The van der Waals surface area contributed by atoms with E-state index in [2.05, 4.69) is 35.2 Å². The number of likely N-dealkylation sites (tertiary alicyclic amines) is 1. The Hall–Kier alpha value is -2.70. The summed E-state index contributed by atoms with van der Waals surface area (Å²) in [5.74, 6) is -0.622. The Morgan fingerprint density at radius 3 is 2.37 bits per heavy atom. The summed E-state index contributed by atoms with van der Waals surface area (Å²) < 4.78 is 31.2. The highest BCUT2D eigenvalue weighted by molar-refractivity contribution is 7.92. The number of hydrogen-bond acceptors (Lipinski definition) is 5. The molecular weight excluding hydrogens is 398 g/mol. The lowest BCUT2D eigenvalue weighted by molar-refractivity contribution is 0.0596. The second-order valence-electron chi connectivity index (χ2n) is 7.69. The van der Waals surface area contributed by atoms with Crippen LogP contribution in [-0.4, -0.2) is 44.7 Å². The molecule has 156 valence electrons. The number of piperidine rings is 1. The summed E-state index contributed by atoms with van der Waals surface area (Å²) in [6.07, 6.45) is 1.09. The van der Waals surface area contributed by atoms with E-state index in [0.717, 1.165) is 6.54 Å². The van der Waals surface area contributed by atoms with Gasteiger partial charge in [0.2, 0.25) is 0 Å². The van der Waals surface area contributed by atoms with Crippen molar-refractivity contribution in [3.63, 3.8) is 0 Å². The van der Waals surface area contributed by atoms with Crippen molar-refractivity contribution in [2.75, 3.05) is 20.2 Å². The summed E-state index contributed by atoms with van der Waals surface area (Å²) in [6.45, 7) is 2.21. The molecule has 1 fully saturated rings. The van der Waals surface area contributed by atoms with Gasteiger partial charge in [0.15, 0.2) is 9.84 Å². The maximum absolute atomic E-state index is 13.2. The maximum atomic E-state index is 13.2. The average Bonchev–Trinajstić information content (AvgIpc) is 2.79. The summed E-state index contributed by atoms with van der Waals surface area (Å²) in [5.41, 5.74) is 1.34. The van der Waals surface area contributed by atoms with Crippen LogP contribution < -0.4 is 0 Å². The molecule has 0 bridgehead atoms. The zero-order valence-corrected chi connectivity index (χ0v) is 17.8. The zero-order chi connectivity index (χ0) is 21.1. The normalized spacial score (nSPS) is 15.9. The van der Waals surface area contributed by atoms with Gasteiger partial charge in [0, 0.05) is 6.54 Å². The van der Waals surface area contributed by atoms with Crippen LogP contribution in [0.5, 0.6) is 0 Å². The van der Waals surface area contributed by atoms with Gasteiger partial charge in [-0.15, -0.1) is 0 Å². The van der Waals surface area contributed by atoms with Gasteiger partial charge in [-0.1, -0.05) is 48.5 Å². The molecule has 0 spiro atoms. The van der Waals surface area contributed by atoms with E-state index < -0.39 is 21.1 Å². The van der Waals surface area contributed by atoms with Crippen molar-refractivity contribution in [1.82, 2.24) is 4.90 Å². The van der Waals surface area contributed by atoms with Crippen molar-refractivity contribution in [1.29, 1.82) is 0 Å². The van der Waals surface area contributed by atoms with Crippen LogP contribution in [0.1, 0.15) is 28.8 Å². The minimum Gasteiger partial charge on any atom is -0.465 e. The molecule has 6 heteroatoms. The van der Waals surface area contributed by atoms with E-state index >= 15 is 0 Å². The molecule has 0 N–H and O–H groups in total. The molecular formula is C24H25NO4S. The van der Waals surface area contributed by atoms with Gasteiger partial charge < -0.3 is 4.74 Å². The molecule has 30 heavy (non-hydrogen) atoms. The van der Waals surface area contributed by atoms with Crippen LogP contribution >= 0.6 is 0 Å². The highest BCUT2D eigenvalue weighted by atomic mass is 32.2. The summed E-state index contributed by atoms with van der Waals surface area (Å²) in [5, 5.41) is 1.94. The Bertz CT molecular complexity index is 1160. The van der Waals surface area contributed by atoms with E-state index in [9.17, 15) is 13.2 Å². The first-order chi connectivity index (χ1) is 14.5. The fraction of sp³-hybridized carbons (Fsp3) is 0.292. The SMILES string of the molecule is COC(=O)c1ccccc1S(=O)(=O)C1CCN(Cc2ccc3ccccc3c2)CC1. The van der Waals surface area contributed by atoms with E-state index in [1.165, 1.54) is 35.6 Å². The van der Waals surface area contributed by atoms with E-state index in [1.54, 1.807) is 12.1 Å². The van der Waals surface area contributed by atoms with E-state index in [4.69, 9.17) is 4.74 Å². The quantitative estimate of drug-likeness (QED) is 0.579. The van der Waals surface area contributed by atoms with Gasteiger partial charge in [-0.3, -0.25) is 4.90 Å². The third kappa shape index (κ3) is 4.11. The number of fused-ring (bicyclic) bond motifs is 1. The molecule has 1 aliphatic rings. The standard InChI is InChI=1S/C24H25NO4S/c1-29-24(26)22-8-4-5-9-23(22)30(27,28)21-12-14-25(15-13-21)17-18-10-11-19-6-2-3-7-20(19)16-18/h2-11,16,21H,12-15,17H2,1H3. The molecule has 0 unspecified atom stereocenters. The first-order valence-electron chi connectivity index (χ1n) is 10.1. The Morgan fingerprint density at radius 2 is 1.63 bits per heavy atom. The predicted octanol–water partition coefficient (Wildman–Crippen LogP) is 4.06. The Balaban J connectivity index is 1.45. The first-order valence-corrected chi connectivity index (χ1v) is 11.6. The number of esters is 1. The molecule has 0 radical (unpaired) electrons. The topological polar surface area (TPSA) is 63.7 Å². The largest absolute Gasteiger partial charge is 0.465 e. The highest BCUT2D eigenvalue weighted by Crippen LogP contribution is 2.28. The number of methoxy groups -OCH3 is 1. The number of benzene rings is 3. The van der Waals surface area contributed by atoms with E-state index in [0.29, 0.717) is 25.9 Å². The number of carbonyl (C=O) groups excluding carboxylic acids is 1. The van der Waals surface area contributed by atoms with E-state index in [-0.39, 0.29) is 10.5 Å². The minimum atomic E-state index is -3.60. The molecule has 1 heterocycles. The second kappa shape index (κ2) is 8.58. The third-order valence-corrected chi connectivity index (χ3v) is 8.11. The van der Waals surface area contributed by atoms with Crippen LogP contribution in [-0.2, 0) is 21.1 Å². The van der Waals surface area contributed by atoms with Crippen LogP contribution in [0.25, 0.3) is 10.8 Å². The lowest BCUT2D eigenvalue weighted by atomic mass is 10.1. The molecule has 4 rings (SSSR count). The Labute approximate surface area is 177 Å². The maximum Gasteiger partial charge on any atom is 0.339 e. The van der Waals surface area contributed by atoms with Gasteiger partial charge in [0.25, 0.3) is 0 Å². The van der Waals surface area contributed by atoms with Crippen molar-refractivity contribution in [2.45, 2.75) is 29.5 Å².